The Labute approximate surface area is 104 Å². The van der Waals surface area contributed by atoms with Crippen LogP contribution in [0.5, 0.6) is 0 Å². The molecule has 0 aliphatic carbocycles. The summed E-state index contributed by atoms with van der Waals surface area (Å²) in [7, 11) is 1.63. The molecular weight excluding hydrogens is 222 g/mol. The number of ether oxygens (including phenoxy) is 3. The normalized spacial score (nSPS) is 12.9. The molecule has 0 bridgehead atoms. The lowest BCUT2D eigenvalue weighted by Crippen LogP contribution is -2.31. The van der Waals surface area contributed by atoms with Crippen LogP contribution in [0.3, 0.4) is 0 Å². The van der Waals surface area contributed by atoms with Gasteiger partial charge in [-0.3, -0.25) is 0 Å². The molecule has 0 saturated heterocycles. The van der Waals surface area contributed by atoms with Gasteiger partial charge in [0.25, 0.3) is 0 Å². The van der Waals surface area contributed by atoms with E-state index in [4.69, 9.17) is 14.2 Å². The number of hydrogen-bond acceptors (Lipinski definition) is 5. The zero-order valence-corrected chi connectivity index (χ0v) is 11.1. The van der Waals surface area contributed by atoms with Crippen LogP contribution in [0.25, 0.3) is 0 Å². The average Bonchev–Trinajstić information content (AvgIpc) is 2.33. The van der Waals surface area contributed by atoms with Crippen molar-refractivity contribution in [1.29, 1.82) is 0 Å². The van der Waals surface area contributed by atoms with Crippen molar-refractivity contribution in [3.8, 4) is 0 Å². The minimum absolute atomic E-state index is 0.350. The van der Waals surface area contributed by atoms with E-state index in [9.17, 15) is 5.11 Å². The van der Waals surface area contributed by atoms with E-state index in [1.165, 1.54) is 0 Å². The van der Waals surface area contributed by atoms with Crippen molar-refractivity contribution >= 4 is 0 Å². The van der Waals surface area contributed by atoms with Gasteiger partial charge in [-0.1, -0.05) is 6.92 Å². The highest BCUT2D eigenvalue weighted by molar-refractivity contribution is 4.58. The van der Waals surface area contributed by atoms with Gasteiger partial charge in [-0.25, -0.2) is 0 Å². The third-order valence-electron chi connectivity index (χ3n) is 2.11. The van der Waals surface area contributed by atoms with E-state index in [0.717, 1.165) is 32.6 Å². The summed E-state index contributed by atoms with van der Waals surface area (Å²) in [6, 6.07) is 0. The van der Waals surface area contributed by atoms with E-state index >= 15 is 0 Å². The van der Waals surface area contributed by atoms with Crippen molar-refractivity contribution in [2.45, 2.75) is 25.9 Å². The smallest absolute Gasteiger partial charge is 0.0897 e. The summed E-state index contributed by atoms with van der Waals surface area (Å²) < 4.78 is 15.4. The highest BCUT2D eigenvalue weighted by atomic mass is 16.5. The number of methoxy groups -OCH3 is 1. The highest BCUT2D eigenvalue weighted by Crippen LogP contribution is 1.87. The molecule has 0 aromatic heterocycles. The Hall–Kier alpha value is -0.200. The van der Waals surface area contributed by atoms with E-state index in [-0.39, 0.29) is 0 Å². The van der Waals surface area contributed by atoms with Crippen LogP contribution >= 0.6 is 0 Å². The minimum atomic E-state index is -0.455. The minimum Gasteiger partial charge on any atom is -0.389 e. The molecule has 0 rings (SSSR count). The molecule has 2 N–H and O–H groups in total. The molecule has 5 heteroatoms. The van der Waals surface area contributed by atoms with Gasteiger partial charge in [-0.05, 0) is 19.4 Å². The lowest BCUT2D eigenvalue weighted by atomic mass is 10.3. The van der Waals surface area contributed by atoms with Gasteiger partial charge in [0.05, 0.1) is 25.9 Å². The van der Waals surface area contributed by atoms with Gasteiger partial charge in [0.1, 0.15) is 0 Å². The van der Waals surface area contributed by atoms with Gasteiger partial charge < -0.3 is 24.6 Å². The predicted molar refractivity (Wildman–Crippen MR) is 67.3 cm³/mol. The Morgan fingerprint density at radius 3 is 2.65 bits per heavy atom. The van der Waals surface area contributed by atoms with Crippen molar-refractivity contribution in [2.75, 3.05) is 53.2 Å². The molecule has 0 saturated carbocycles. The second-order valence-corrected chi connectivity index (χ2v) is 3.89. The Morgan fingerprint density at radius 1 is 1.12 bits per heavy atom. The summed E-state index contributed by atoms with van der Waals surface area (Å²) >= 11 is 0. The lowest BCUT2D eigenvalue weighted by molar-refractivity contribution is 0.0136. The van der Waals surface area contributed by atoms with Crippen molar-refractivity contribution in [3.63, 3.8) is 0 Å². The van der Waals surface area contributed by atoms with Crippen LogP contribution in [-0.2, 0) is 14.2 Å². The van der Waals surface area contributed by atoms with Gasteiger partial charge in [0, 0.05) is 26.9 Å². The molecule has 0 spiro atoms. The van der Waals surface area contributed by atoms with Crippen LogP contribution in [0.15, 0.2) is 0 Å². The summed E-state index contributed by atoms with van der Waals surface area (Å²) in [5.41, 5.74) is 0. The molecule has 1 atom stereocenters. The molecule has 17 heavy (non-hydrogen) atoms. The van der Waals surface area contributed by atoms with Gasteiger partial charge in [-0.2, -0.15) is 0 Å². The lowest BCUT2D eigenvalue weighted by Gasteiger charge is -2.12. The van der Waals surface area contributed by atoms with Crippen LogP contribution in [0.4, 0.5) is 0 Å². The number of nitrogens with one attached hydrogen (secondary N) is 1. The SMILES string of the molecule is CCCOCCCNCC(O)COCCOC. The Balaban J connectivity index is 3.08. The fourth-order valence-corrected chi connectivity index (χ4v) is 1.23. The molecule has 0 aliphatic rings. The number of hydrogen-bond donors (Lipinski definition) is 2. The van der Waals surface area contributed by atoms with E-state index in [0.29, 0.717) is 26.4 Å². The third-order valence-corrected chi connectivity index (χ3v) is 2.11. The molecule has 1 unspecified atom stereocenters. The van der Waals surface area contributed by atoms with Gasteiger partial charge in [-0.15, -0.1) is 0 Å². The van der Waals surface area contributed by atoms with Crippen molar-refractivity contribution in [1.82, 2.24) is 5.32 Å². The summed E-state index contributed by atoms with van der Waals surface area (Å²) in [5.74, 6) is 0. The first-order valence-electron chi connectivity index (χ1n) is 6.34. The maximum Gasteiger partial charge on any atom is 0.0897 e. The van der Waals surface area contributed by atoms with Crippen LogP contribution in [-0.4, -0.2) is 64.4 Å². The molecule has 0 heterocycles. The Bertz CT molecular complexity index is 146. The zero-order valence-electron chi connectivity index (χ0n) is 11.1. The van der Waals surface area contributed by atoms with Crippen molar-refractivity contribution in [3.05, 3.63) is 0 Å². The summed E-state index contributed by atoms with van der Waals surface area (Å²) in [4.78, 5) is 0. The highest BCUT2D eigenvalue weighted by Gasteiger charge is 2.02. The van der Waals surface area contributed by atoms with Gasteiger partial charge in [0.2, 0.25) is 0 Å². The van der Waals surface area contributed by atoms with E-state index in [1.807, 2.05) is 0 Å². The number of rotatable bonds is 13. The molecule has 0 aliphatic heterocycles. The molecule has 104 valence electrons. The van der Waals surface area contributed by atoms with E-state index in [2.05, 4.69) is 12.2 Å². The molecular formula is C12H27NO4. The third kappa shape index (κ3) is 13.7. The van der Waals surface area contributed by atoms with Crippen LogP contribution in [0.1, 0.15) is 19.8 Å². The molecule has 0 amide bonds. The topological polar surface area (TPSA) is 60.0 Å². The average molecular weight is 249 g/mol. The summed E-state index contributed by atoms with van der Waals surface area (Å²) in [5, 5.41) is 12.7. The Kier molecular flexibility index (Phi) is 13.7. The van der Waals surface area contributed by atoms with Crippen LogP contribution < -0.4 is 5.32 Å². The first-order chi connectivity index (χ1) is 8.31. The second kappa shape index (κ2) is 13.9. The van der Waals surface area contributed by atoms with E-state index < -0.39 is 6.10 Å². The summed E-state index contributed by atoms with van der Waals surface area (Å²) in [6.45, 7) is 6.56. The molecule has 0 fully saturated rings. The van der Waals surface area contributed by atoms with Gasteiger partial charge >= 0.3 is 0 Å². The fourth-order valence-electron chi connectivity index (χ4n) is 1.23. The number of aliphatic hydroxyl groups excluding tert-OH is 1. The molecule has 5 nitrogen and oxygen atoms in total. The first-order valence-corrected chi connectivity index (χ1v) is 6.34. The van der Waals surface area contributed by atoms with E-state index in [1.54, 1.807) is 7.11 Å². The maximum atomic E-state index is 9.53. The zero-order chi connectivity index (χ0) is 12.8. The quantitative estimate of drug-likeness (QED) is 0.463. The second-order valence-electron chi connectivity index (χ2n) is 3.89. The number of aliphatic hydroxyl groups is 1. The summed E-state index contributed by atoms with van der Waals surface area (Å²) in [6.07, 6.45) is 1.57. The van der Waals surface area contributed by atoms with Crippen LogP contribution in [0, 0.1) is 0 Å². The maximum absolute atomic E-state index is 9.53. The molecule has 0 aromatic rings. The molecule has 0 radical (unpaired) electrons. The first kappa shape index (κ1) is 16.8. The fraction of sp³-hybridized carbons (Fsp3) is 1.00. The van der Waals surface area contributed by atoms with Crippen LogP contribution in [0.2, 0.25) is 0 Å². The standard InChI is InChI=1S/C12H27NO4/c1-3-6-16-7-4-5-13-10-12(14)11-17-9-8-15-2/h12-14H,3-11H2,1-2H3. The predicted octanol–water partition coefficient (Wildman–Crippen LogP) is 0.417. The monoisotopic (exact) mass is 249 g/mol. The Morgan fingerprint density at radius 2 is 1.94 bits per heavy atom. The largest absolute Gasteiger partial charge is 0.389 e. The van der Waals surface area contributed by atoms with Crippen molar-refractivity contribution < 1.29 is 19.3 Å². The molecule has 0 aromatic carbocycles. The van der Waals surface area contributed by atoms with Gasteiger partial charge in [0.15, 0.2) is 0 Å². The van der Waals surface area contributed by atoms with Crippen molar-refractivity contribution in [2.24, 2.45) is 0 Å².